The highest BCUT2D eigenvalue weighted by Crippen LogP contribution is 2.32. The Kier molecular flexibility index (Phi) is 6.70. The summed E-state index contributed by atoms with van der Waals surface area (Å²) in [5, 5.41) is 12.8. The molecule has 4 rings (SSSR count). The second-order valence-electron chi connectivity index (χ2n) is 9.46. The average Bonchev–Trinajstić information content (AvgIpc) is 3.25. The van der Waals surface area contributed by atoms with Gasteiger partial charge in [-0.25, -0.2) is 0 Å². The molecule has 0 aliphatic carbocycles. The first-order valence-corrected chi connectivity index (χ1v) is 11.5. The summed E-state index contributed by atoms with van der Waals surface area (Å²) in [7, 11) is 0. The van der Waals surface area contributed by atoms with Crippen molar-refractivity contribution < 1.29 is 9.26 Å². The summed E-state index contributed by atoms with van der Waals surface area (Å²) in [4.78, 5) is 2.49. The summed E-state index contributed by atoms with van der Waals surface area (Å²) in [6, 6.07) is 14.2. The lowest BCUT2D eigenvalue weighted by Crippen LogP contribution is -2.33. The van der Waals surface area contributed by atoms with Crippen LogP contribution in [0, 0.1) is 0 Å². The zero-order chi connectivity index (χ0) is 22.6. The van der Waals surface area contributed by atoms with E-state index in [-0.39, 0.29) is 5.41 Å². The molecule has 0 atom stereocenters. The van der Waals surface area contributed by atoms with E-state index < -0.39 is 0 Å². The minimum Gasteiger partial charge on any atom is -0.492 e. The highest BCUT2D eigenvalue weighted by atomic mass is 16.5. The molecule has 3 aromatic rings. The van der Waals surface area contributed by atoms with Gasteiger partial charge in [-0.1, -0.05) is 63.2 Å². The van der Waals surface area contributed by atoms with Gasteiger partial charge in [0, 0.05) is 34.5 Å². The van der Waals surface area contributed by atoms with Crippen LogP contribution in [-0.4, -0.2) is 36.3 Å². The Labute approximate surface area is 190 Å². The van der Waals surface area contributed by atoms with Crippen LogP contribution in [0.25, 0.3) is 10.8 Å². The smallest absolute Gasteiger partial charge is 0.175 e. The van der Waals surface area contributed by atoms with Crippen molar-refractivity contribution in [2.45, 2.75) is 45.4 Å². The van der Waals surface area contributed by atoms with Crippen LogP contribution < -0.4 is 15.4 Å². The molecule has 1 aromatic heterocycles. The fraction of sp³-hybridized carbons (Fsp3) is 0.423. The number of rotatable bonds is 8. The second-order valence-corrected chi connectivity index (χ2v) is 9.46. The van der Waals surface area contributed by atoms with Crippen molar-refractivity contribution in [3.63, 3.8) is 0 Å². The van der Waals surface area contributed by atoms with Gasteiger partial charge in [0.05, 0.1) is 0 Å². The van der Waals surface area contributed by atoms with E-state index in [4.69, 9.17) is 9.26 Å². The van der Waals surface area contributed by atoms with E-state index in [0.717, 1.165) is 34.5 Å². The Morgan fingerprint density at radius 3 is 2.53 bits per heavy atom. The summed E-state index contributed by atoms with van der Waals surface area (Å²) in [5.41, 5.74) is 0.864. The van der Waals surface area contributed by atoms with Crippen molar-refractivity contribution in [1.29, 1.82) is 0 Å². The van der Waals surface area contributed by atoms with Gasteiger partial charge in [-0.05, 0) is 38.1 Å². The fourth-order valence-corrected chi connectivity index (χ4v) is 4.01. The zero-order valence-electron chi connectivity index (χ0n) is 19.4. The standard InChI is InChI=1S/C26H34N4O2/c1-19(28-25-18-24(32-29-25)26(2,3)4)27-22-12-13-23(21-11-7-6-10-20(21)22)31-17-16-30-14-8-5-9-15-30/h6-7,10-13,18,27H,1,5,8-9,14-17H2,2-4H3,(H,28,29). The number of hydrogen-bond donors (Lipinski definition) is 2. The molecule has 1 aliphatic heterocycles. The van der Waals surface area contributed by atoms with Crippen molar-refractivity contribution in [2.24, 2.45) is 0 Å². The SMILES string of the molecule is C=C(Nc1cc(C(C)(C)C)on1)Nc1ccc(OCCN2CCCCC2)c2ccccc12. The Morgan fingerprint density at radius 2 is 1.81 bits per heavy atom. The van der Waals surface area contributed by atoms with Crippen LogP contribution >= 0.6 is 0 Å². The molecule has 32 heavy (non-hydrogen) atoms. The van der Waals surface area contributed by atoms with E-state index in [1.54, 1.807) is 0 Å². The Balaban J connectivity index is 1.42. The lowest BCUT2D eigenvalue weighted by molar-refractivity contribution is 0.184. The second kappa shape index (κ2) is 9.65. The normalized spacial score (nSPS) is 15.0. The molecule has 6 heteroatoms. The number of piperidine rings is 1. The van der Waals surface area contributed by atoms with Crippen molar-refractivity contribution in [3.8, 4) is 5.75 Å². The number of nitrogens with one attached hydrogen (secondary N) is 2. The van der Waals surface area contributed by atoms with E-state index in [1.807, 2.05) is 30.3 Å². The molecule has 170 valence electrons. The average molecular weight is 435 g/mol. The van der Waals surface area contributed by atoms with Gasteiger partial charge in [0.15, 0.2) is 5.82 Å². The molecule has 2 aromatic carbocycles. The number of nitrogens with zero attached hydrogens (tertiary/aromatic N) is 2. The van der Waals surface area contributed by atoms with Gasteiger partial charge in [-0.15, -0.1) is 0 Å². The van der Waals surface area contributed by atoms with E-state index in [9.17, 15) is 0 Å². The molecule has 0 unspecified atom stereocenters. The maximum absolute atomic E-state index is 6.18. The third-order valence-corrected chi connectivity index (χ3v) is 5.81. The van der Waals surface area contributed by atoms with E-state index >= 15 is 0 Å². The molecule has 0 amide bonds. The molecule has 1 aliphatic rings. The molecule has 0 radical (unpaired) electrons. The predicted octanol–water partition coefficient (Wildman–Crippen LogP) is 5.99. The summed E-state index contributed by atoms with van der Waals surface area (Å²) < 4.78 is 11.6. The van der Waals surface area contributed by atoms with E-state index in [1.165, 1.54) is 32.4 Å². The highest BCUT2D eigenvalue weighted by Gasteiger charge is 2.20. The number of fused-ring (bicyclic) bond motifs is 1. The van der Waals surface area contributed by atoms with Gasteiger partial charge in [0.1, 0.15) is 23.9 Å². The zero-order valence-corrected chi connectivity index (χ0v) is 19.4. The summed E-state index contributed by atoms with van der Waals surface area (Å²) >= 11 is 0. The van der Waals surface area contributed by atoms with Crippen LogP contribution in [0.4, 0.5) is 11.5 Å². The predicted molar refractivity (Wildman–Crippen MR) is 131 cm³/mol. The van der Waals surface area contributed by atoms with Crippen LogP contribution in [0.5, 0.6) is 5.75 Å². The fourth-order valence-electron chi connectivity index (χ4n) is 4.01. The van der Waals surface area contributed by atoms with Gasteiger partial charge in [0.25, 0.3) is 0 Å². The molecule has 6 nitrogen and oxygen atoms in total. The number of likely N-dealkylation sites (tertiary alicyclic amines) is 1. The van der Waals surface area contributed by atoms with Crippen molar-refractivity contribution >= 4 is 22.3 Å². The van der Waals surface area contributed by atoms with Crippen LogP contribution in [0.2, 0.25) is 0 Å². The van der Waals surface area contributed by atoms with Crippen LogP contribution in [0.1, 0.15) is 45.8 Å². The van der Waals surface area contributed by atoms with Crippen LogP contribution in [0.3, 0.4) is 0 Å². The third-order valence-electron chi connectivity index (χ3n) is 5.81. The van der Waals surface area contributed by atoms with Gasteiger partial charge in [-0.3, -0.25) is 4.90 Å². The molecule has 0 bridgehead atoms. The summed E-state index contributed by atoms with van der Waals surface area (Å²) in [6.07, 6.45) is 3.95. The number of aromatic nitrogens is 1. The number of ether oxygens (including phenoxy) is 1. The van der Waals surface area contributed by atoms with E-state index in [2.05, 4.69) is 60.2 Å². The molecule has 0 saturated carbocycles. The lowest BCUT2D eigenvalue weighted by Gasteiger charge is -2.26. The molecule has 1 fully saturated rings. The molecular formula is C26H34N4O2. The third kappa shape index (κ3) is 5.43. The first-order valence-electron chi connectivity index (χ1n) is 11.5. The van der Waals surface area contributed by atoms with Gasteiger partial charge in [-0.2, -0.15) is 0 Å². The van der Waals surface area contributed by atoms with Gasteiger partial charge < -0.3 is 19.9 Å². The molecule has 1 saturated heterocycles. The van der Waals surface area contributed by atoms with Crippen molar-refractivity contribution in [3.05, 3.63) is 60.6 Å². The molecular weight excluding hydrogens is 400 g/mol. The maximum atomic E-state index is 6.18. The lowest BCUT2D eigenvalue weighted by atomic mass is 9.93. The van der Waals surface area contributed by atoms with Crippen molar-refractivity contribution in [2.75, 3.05) is 36.9 Å². The number of anilines is 2. The van der Waals surface area contributed by atoms with Gasteiger partial charge >= 0.3 is 0 Å². The van der Waals surface area contributed by atoms with Crippen LogP contribution in [0.15, 0.2) is 59.4 Å². The Morgan fingerprint density at radius 1 is 1.06 bits per heavy atom. The minimum atomic E-state index is -0.0955. The maximum Gasteiger partial charge on any atom is 0.175 e. The summed E-state index contributed by atoms with van der Waals surface area (Å²) in [5.74, 6) is 2.99. The highest BCUT2D eigenvalue weighted by molar-refractivity contribution is 5.98. The van der Waals surface area contributed by atoms with Gasteiger partial charge in [0.2, 0.25) is 0 Å². The molecule has 2 heterocycles. The Bertz CT molecular complexity index is 1060. The number of benzene rings is 2. The van der Waals surface area contributed by atoms with Crippen LogP contribution in [-0.2, 0) is 5.41 Å². The number of hydrogen-bond acceptors (Lipinski definition) is 6. The topological polar surface area (TPSA) is 62.6 Å². The first-order chi connectivity index (χ1) is 15.4. The van der Waals surface area contributed by atoms with E-state index in [0.29, 0.717) is 18.2 Å². The molecule has 2 N–H and O–H groups in total. The molecule has 0 spiro atoms. The minimum absolute atomic E-state index is 0.0955. The largest absolute Gasteiger partial charge is 0.492 e. The van der Waals surface area contributed by atoms with Crippen molar-refractivity contribution in [1.82, 2.24) is 10.1 Å². The first kappa shape index (κ1) is 22.2. The quantitative estimate of drug-likeness (QED) is 0.454. The monoisotopic (exact) mass is 434 g/mol. The summed E-state index contributed by atoms with van der Waals surface area (Å²) in [6.45, 7) is 14.4. The Hall–Kier alpha value is -2.99.